The van der Waals surface area contributed by atoms with Gasteiger partial charge >= 0.3 is 0 Å². The van der Waals surface area contributed by atoms with Crippen molar-refractivity contribution in [2.24, 2.45) is 4.99 Å². The van der Waals surface area contributed by atoms with Gasteiger partial charge in [0.15, 0.2) is 5.96 Å². The zero-order valence-electron chi connectivity index (χ0n) is 18.0. The number of carbonyl (C=O) groups excluding carboxylic acids is 1. The summed E-state index contributed by atoms with van der Waals surface area (Å²) in [6.45, 7) is 5.22. The van der Waals surface area contributed by atoms with Gasteiger partial charge in [0.2, 0.25) is 5.91 Å². The predicted octanol–water partition coefficient (Wildman–Crippen LogP) is 3.32. The summed E-state index contributed by atoms with van der Waals surface area (Å²) in [4.78, 5) is 19.2. The molecule has 2 aliphatic rings. The third-order valence-corrected chi connectivity index (χ3v) is 5.59. The maximum atomic E-state index is 12.8. The van der Waals surface area contributed by atoms with Gasteiger partial charge in [-0.3, -0.25) is 4.79 Å². The van der Waals surface area contributed by atoms with Crippen LogP contribution in [-0.2, 0) is 24.1 Å². The van der Waals surface area contributed by atoms with Gasteiger partial charge in [-0.15, -0.1) is 24.0 Å². The molecule has 0 saturated carbocycles. The third-order valence-electron chi connectivity index (χ3n) is 5.59. The number of nitrogens with zero attached hydrogens (tertiary/aromatic N) is 2. The van der Waals surface area contributed by atoms with Gasteiger partial charge in [-0.1, -0.05) is 30.3 Å². The molecule has 0 spiro atoms. The lowest BCUT2D eigenvalue weighted by atomic mass is 10.0. The molecule has 31 heavy (non-hydrogen) atoms. The van der Waals surface area contributed by atoms with E-state index in [1.54, 1.807) is 0 Å². The van der Waals surface area contributed by atoms with Crippen LogP contribution in [0.3, 0.4) is 0 Å². The van der Waals surface area contributed by atoms with Crippen LogP contribution in [-0.4, -0.2) is 44.7 Å². The number of hydrogen-bond donors (Lipinski definition) is 2. The van der Waals surface area contributed by atoms with Crippen molar-refractivity contribution in [2.45, 2.75) is 32.6 Å². The average Bonchev–Trinajstić information content (AvgIpc) is 3.25. The second-order valence-corrected chi connectivity index (χ2v) is 7.69. The first-order valence-corrected chi connectivity index (χ1v) is 10.9. The van der Waals surface area contributed by atoms with Crippen LogP contribution < -0.4 is 20.3 Å². The zero-order chi connectivity index (χ0) is 20.8. The predicted molar refractivity (Wildman–Crippen MR) is 136 cm³/mol. The molecule has 0 aromatic heterocycles. The highest BCUT2D eigenvalue weighted by molar-refractivity contribution is 14.0. The summed E-state index contributed by atoms with van der Waals surface area (Å²) in [5.41, 5.74) is 4.84. The van der Waals surface area contributed by atoms with Crippen molar-refractivity contribution < 1.29 is 9.53 Å². The van der Waals surface area contributed by atoms with E-state index in [9.17, 15) is 4.79 Å². The van der Waals surface area contributed by atoms with E-state index in [0.29, 0.717) is 5.96 Å². The van der Waals surface area contributed by atoms with Gasteiger partial charge in [-0.2, -0.15) is 0 Å². The minimum Gasteiger partial charge on any atom is -0.493 e. The van der Waals surface area contributed by atoms with Gasteiger partial charge in [-0.25, -0.2) is 4.99 Å². The number of halogens is 1. The Balaban J connectivity index is 0.00000272. The number of guanidine groups is 1. The molecule has 1 amide bonds. The number of para-hydroxylation sites is 1. The highest BCUT2D eigenvalue weighted by Gasteiger charge is 2.21. The van der Waals surface area contributed by atoms with Crippen molar-refractivity contribution in [3.8, 4) is 5.75 Å². The fraction of sp³-hybridized carbons (Fsp3) is 0.417. The van der Waals surface area contributed by atoms with Gasteiger partial charge < -0.3 is 20.3 Å². The van der Waals surface area contributed by atoms with Crippen molar-refractivity contribution in [1.82, 2.24) is 10.6 Å². The summed E-state index contributed by atoms with van der Waals surface area (Å²) in [7, 11) is 0. The zero-order valence-corrected chi connectivity index (χ0v) is 20.4. The molecule has 7 heteroatoms. The number of fused-ring (bicyclic) bond motifs is 2. The second-order valence-electron chi connectivity index (χ2n) is 7.69. The Bertz CT molecular complexity index is 932. The Hall–Kier alpha value is -2.29. The summed E-state index contributed by atoms with van der Waals surface area (Å²) in [5, 5.41) is 6.59. The summed E-state index contributed by atoms with van der Waals surface area (Å²) >= 11 is 0. The van der Waals surface area contributed by atoms with E-state index >= 15 is 0 Å². The standard InChI is InChI=1S/C24H30N4O2.HI/c1-2-25-24(26-13-11-18-9-10-22-20(16-18)12-15-30-22)27-17-23(29)28-14-5-7-19-6-3-4-8-21(19)28;/h3-4,6,8-10,16H,2,5,7,11-15,17H2,1H3,(H2,25,26,27);1H. The topological polar surface area (TPSA) is 66.0 Å². The second kappa shape index (κ2) is 11.4. The summed E-state index contributed by atoms with van der Waals surface area (Å²) in [6, 6.07) is 14.6. The van der Waals surface area contributed by atoms with E-state index < -0.39 is 0 Å². The van der Waals surface area contributed by atoms with E-state index in [-0.39, 0.29) is 36.4 Å². The van der Waals surface area contributed by atoms with Crippen LogP contribution in [0.2, 0.25) is 0 Å². The largest absolute Gasteiger partial charge is 0.493 e. The molecule has 0 bridgehead atoms. The van der Waals surface area contributed by atoms with Crippen molar-refractivity contribution in [2.75, 3.05) is 37.7 Å². The van der Waals surface area contributed by atoms with Crippen LogP contribution in [0.4, 0.5) is 5.69 Å². The van der Waals surface area contributed by atoms with Crippen molar-refractivity contribution >= 4 is 41.5 Å². The maximum Gasteiger partial charge on any atom is 0.248 e. The van der Waals surface area contributed by atoms with Gasteiger partial charge in [0, 0.05) is 31.7 Å². The molecule has 4 rings (SSSR count). The lowest BCUT2D eigenvalue weighted by Crippen LogP contribution is -2.41. The quantitative estimate of drug-likeness (QED) is 0.339. The number of amides is 1. The number of benzene rings is 2. The lowest BCUT2D eigenvalue weighted by molar-refractivity contribution is -0.117. The molecule has 2 aromatic rings. The first kappa shape index (κ1) is 23.4. The van der Waals surface area contributed by atoms with E-state index in [4.69, 9.17) is 4.74 Å². The molecule has 2 N–H and O–H groups in total. The molecule has 0 unspecified atom stereocenters. The number of anilines is 1. The maximum absolute atomic E-state index is 12.8. The summed E-state index contributed by atoms with van der Waals surface area (Å²) in [6.07, 6.45) is 3.91. The molecule has 0 fully saturated rings. The Morgan fingerprint density at radius 2 is 2.00 bits per heavy atom. The lowest BCUT2D eigenvalue weighted by Gasteiger charge is -2.29. The normalized spacial score (nSPS) is 14.7. The Morgan fingerprint density at radius 3 is 2.87 bits per heavy atom. The molecule has 2 aliphatic heterocycles. The van der Waals surface area contributed by atoms with E-state index in [2.05, 4.69) is 39.9 Å². The smallest absolute Gasteiger partial charge is 0.248 e. The molecule has 0 saturated heterocycles. The van der Waals surface area contributed by atoms with Gasteiger partial charge in [-0.05, 0) is 55.0 Å². The van der Waals surface area contributed by atoms with E-state index in [1.165, 1.54) is 16.7 Å². The minimum atomic E-state index is 0. The van der Waals surface area contributed by atoms with Crippen molar-refractivity contribution in [1.29, 1.82) is 0 Å². The molecule has 166 valence electrons. The first-order valence-electron chi connectivity index (χ1n) is 10.9. The molecule has 0 radical (unpaired) electrons. The third kappa shape index (κ3) is 5.90. The van der Waals surface area contributed by atoms with Crippen LogP contribution in [0, 0.1) is 0 Å². The van der Waals surface area contributed by atoms with Gasteiger partial charge in [0.1, 0.15) is 12.3 Å². The number of hydrogen-bond acceptors (Lipinski definition) is 3. The number of aryl methyl sites for hydroxylation is 1. The molecule has 2 heterocycles. The Kier molecular flexibility index (Phi) is 8.57. The van der Waals surface area contributed by atoms with E-state index in [0.717, 1.165) is 63.4 Å². The molecule has 0 atom stereocenters. The first-order chi connectivity index (χ1) is 14.7. The fourth-order valence-electron chi connectivity index (χ4n) is 4.09. The number of rotatable bonds is 6. The number of nitrogens with one attached hydrogen (secondary N) is 2. The molecular formula is C24H31IN4O2. The van der Waals surface area contributed by atoms with Crippen molar-refractivity contribution in [3.05, 3.63) is 59.2 Å². The van der Waals surface area contributed by atoms with Gasteiger partial charge in [0.25, 0.3) is 0 Å². The summed E-state index contributed by atoms with van der Waals surface area (Å²) in [5.74, 6) is 1.73. The average molecular weight is 534 g/mol. The summed E-state index contributed by atoms with van der Waals surface area (Å²) < 4.78 is 5.57. The number of ether oxygens (including phenoxy) is 1. The van der Waals surface area contributed by atoms with Gasteiger partial charge in [0.05, 0.1) is 6.61 Å². The molecule has 2 aromatic carbocycles. The van der Waals surface area contributed by atoms with E-state index in [1.807, 2.05) is 30.0 Å². The molecule has 6 nitrogen and oxygen atoms in total. The SMILES string of the molecule is CCNC(=NCC(=O)N1CCCc2ccccc21)NCCc1ccc2c(c1)CCO2.I. The minimum absolute atomic E-state index is 0. The highest BCUT2D eigenvalue weighted by atomic mass is 127. The molecule has 0 aliphatic carbocycles. The fourth-order valence-corrected chi connectivity index (χ4v) is 4.09. The van der Waals surface area contributed by atoms with Crippen LogP contribution in [0.1, 0.15) is 30.0 Å². The Labute approximate surface area is 201 Å². The van der Waals surface area contributed by atoms with Crippen LogP contribution >= 0.6 is 24.0 Å². The van der Waals surface area contributed by atoms with Crippen molar-refractivity contribution in [3.63, 3.8) is 0 Å². The highest BCUT2D eigenvalue weighted by Crippen LogP contribution is 2.27. The van der Waals surface area contributed by atoms with Crippen LogP contribution in [0.15, 0.2) is 47.5 Å². The van der Waals surface area contributed by atoms with Crippen LogP contribution in [0.25, 0.3) is 0 Å². The number of carbonyl (C=O) groups is 1. The number of aliphatic imine (C=N–C) groups is 1. The monoisotopic (exact) mass is 534 g/mol. The Morgan fingerprint density at radius 1 is 1.13 bits per heavy atom. The molecular weight excluding hydrogens is 503 g/mol. The van der Waals surface area contributed by atoms with Crippen LogP contribution in [0.5, 0.6) is 5.75 Å².